The van der Waals surface area contributed by atoms with Gasteiger partial charge in [0.05, 0.1) is 0 Å². The summed E-state index contributed by atoms with van der Waals surface area (Å²) in [5.41, 5.74) is 8.90. The molecule has 0 bridgehead atoms. The van der Waals surface area contributed by atoms with E-state index in [-0.39, 0.29) is 30.9 Å². The number of carbonyl (C=O) groups excluding carboxylic acids is 1. The van der Waals surface area contributed by atoms with Crippen molar-refractivity contribution < 1.29 is 14.3 Å². The number of esters is 1. The molecule has 8 heteroatoms. The van der Waals surface area contributed by atoms with Gasteiger partial charge in [-0.15, -0.1) is 0 Å². The van der Waals surface area contributed by atoms with Gasteiger partial charge < -0.3 is 20.5 Å². The van der Waals surface area contributed by atoms with Gasteiger partial charge in [-0.1, -0.05) is 43.7 Å². The van der Waals surface area contributed by atoms with Crippen LogP contribution in [0.2, 0.25) is 0 Å². The number of ether oxygens (including phenoxy) is 2. The van der Waals surface area contributed by atoms with Gasteiger partial charge in [0.1, 0.15) is 5.75 Å². The fraction of sp³-hybridized carbons (Fsp3) is 0.273. The highest BCUT2D eigenvalue weighted by Crippen LogP contribution is 2.18. The molecule has 1 heterocycles. The van der Waals surface area contributed by atoms with Crippen molar-refractivity contribution in [2.45, 2.75) is 33.3 Å². The van der Waals surface area contributed by atoms with Crippen LogP contribution in [0.4, 0.5) is 17.6 Å². The van der Waals surface area contributed by atoms with Gasteiger partial charge in [-0.25, -0.2) is 4.79 Å². The first kappa shape index (κ1) is 21.0. The molecule has 3 rings (SSSR count). The first-order valence-electron chi connectivity index (χ1n) is 9.61. The van der Waals surface area contributed by atoms with Crippen molar-refractivity contribution in [3.05, 3.63) is 65.5 Å². The van der Waals surface area contributed by atoms with Crippen LogP contribution in [0.5, 0.6) is 5.75 Å². The van der Waals surface area contributed by atoms with E-state index in [0.29, 0.717) is 11.7 Å². The number of benzene rings is 2. The molecule has 156 valence electrons. The van der Waals surface area contributed by atoms with Gasteiger partial charge in [-0.05, 0) is 42.7 Å². The van der Waals surface area contributed by atoms with Crippen molar-refractivity contribution in [1.29, 1.82) is 0 Å². The van der Waals surface area contributed by atoms with E-state index in [4.69, 9.17) is 15.2 Å². The average Bonchev–Trinajstić information content (AvgIpc) is 2.72. The van der Waals surface area contributed by atoms with Crippen molar-refractivity contribution in [3.8, 4) is 5.75 Å². The molecule has 0 fully saturated rings. The van der Waals surface area contributed by atoms with Crippen LogP contribution in [0.25, 0.3) is 0 Å². The maximum atomic E-state index is 12.0. The number of hydrogen-bond acceptors (Lipinski definition) is 8. The largest absolute Gasteiger partial charge is 0.482 e. The summed E-state index contributed by atoms with van der Waals surface area (Å²) >= 11 is 0. The zero-order chi connectivity index (χ0) is 21.5. The summed E-state index contributed by atoms with van der Waals surface area (Å²) in [5, 5.41) is 3.05. The number of hydrogen-bond donors (Lipinski definition) is 2. The lowest BCUT2D eigenvalue weighted by Gasteiger charge is -2.10. The number of anilines is 3. The lowest BCUT2D eigenvalue weighted by Crippen LogP contribution is -2.16. The Kier molecular flexibility index (Phi) is 6.79. The summed E-state index contributed by atoms with van der Waals surface area (Å²) in [6, 6.07) is 15.3. The Morgan fingerprint density at radius 2 is 1.73 bits per heavy atom. The summed E-state index contributed by atoms with van der Waals surface area (Å²) < 4.78 is 10.6. The predicted molar refractivity (Wildman–Crippen MR) is 115 cm³/mol. The van der Waals surface area contributed by atoms with E-state index in [9.17, 15) is 4.79 Å². The van der Waals surface area contributed by atoms with Gasteiger partial charge in [-0.3, -0.25) is 0 Å². The van der Waals surface area contributed by atoms with Gasteiger partial charge in [-0.2, -0.15) is 15.0 Å². The number of aromatic nitrogens is 3. The van der Waals surface area contributed by atoms with Crippen LogP contribution in [0.1, 0.15) is 36.7 Å². The summed E-state index contributed by atoms with van der Waals surface area (Å²) in [7, 11) is 0. The summed E-state index contributed by atoms with van der Waals surface area (Å²) in [4.78, 5) is 24.3. The number of carbonyl (C=O) groups is 1. The molecule has 2 aromatic carbocycles. The van der Waals surface area contributed by atoms with E-state index in [1.54, 1.807) is 0 Å². The van der Waals surface area contributed by atoms with E-state index in [0.717, 1.165) is 11.3 Å². The van der Waals surface area contributed by atoms with E-state index in [1.807, 2.05) is 55.5 Å². The van der Waals surface area contributed by atoms with Crippen molar-refractivity contribution in [1.82, 2.24) is 15.0 Å². The maximum Gasteiger partial charge on any atom is 0.344 e. The van der Waals surface area contributed by atoms with Gasteiger partial charge in [0.2, 0.25) is 11.9 Å². The van der Waals surface area contributed by atoms with Gasteiger partial charge in [0.25, 0.3) is 0 Å². The van der Waals surface area contributed by atoms with Gasteiger partial charge >= 0.3 is 5.97 Å². The van der Waals surface area contributed by atoms with Crippen LogP contribution in [0.3, 0.4) is 0 Å². The topological polar surface area (TPSA) is 112 Å². The predicted octanol–water partition coefficient (Wildman–Crippen LogP) is 3.75. The number of nitrogens with one attached hydrogen (secondary N) is 1. The molecule has 0 saturated carbocycles. The molecule has 3 aromatic rings. The third-order valence-corrected chi connectivity index (χ3v) is 4.27. The monoisotopic (exact) mass is 407 g/mol. The molecule has 0 atom stereocenters. The van der Waals surface area contributed by atoms with Crippen LogP contribution in [-0.2, 0) is 16.1 Å². The number of nitrogens with two attached hydrogens (primary N) is 1. The first-order chi connectivity index (χ1) is 14.4. The quantitative estimate of drug-likeness (QED) is 0.543. The lowest BCUT2D eigenvalue weighted by atomic mass is 10.0. The molecule has 1 aromatic heterocycles. The van der Waals surface area contributed by atoms with Crippen molar-refractivity contribution >= 4 is 23.6 Å². The fourth-order valence-electron chi connectivity index (χ4n) is 2.60. The minimum atomic E-state index is -0.532. The van der Waals surface area contributed by atoms with E-state index >= 15 is 0 Å². The second-order valence-electron chi connectivity index (χ2n) is 7.10. The van der Waals surface area contributed by atoms with E-state index < -0.39 is 5.97 Å². The highest BCUT2D eigenvalue weighted by Gasteiger charge is 2.10. The zero-order valence-corrected chi connectivity index (χ0v) is 17.3. The maximum absolute atomic E-state index is 12.0. The summed E-state index contributed by atoms with van der Waals surface area (Å²) in [5.74, 6) is 1.06. The minimum Gasteiger partial charge on any atom is -0.482 e. The lowest BCUT2D eigenvalue weighted by molar-refractivity contribution is -0.147. The molecular formula is C22H25N5O3. The standard InChI is InChI=1S/C22H25N5O3/c1-14(2)16-6-10-18(11-7-16)29-13-20(28)30-12-19-25-21(23)27-22(26-19)24-17-8-4-15(3)5-9-17/h4-11,14H,12-13H2,1-3H3,(H3,23,24,25,26,27). The molecule has 0 unspecified atom stereocenters. The molecule has 0 radical (unpaired) electrons. The molecule has 0 spiro atoms. The fourth-order valence-corrected chi connectivity index (χ4v) is 2.60. The highest BCUT2D eigenvalue weighted by atomic mass is 16.6. The van der Waals surface area contributed by atoms with Gasteiger partial charge in [0.15, 0.2) is 19.0 Å². The van der Waals surface area contributed by atoms with E-state index in [2.05, 4.69) is 34.1 Å². The molecule has 0 amide bonds. The summed E-state index contributed by atoms with van der Waals surface area (Å²) in [6.07, 6.45) is 0. The third kappa shape index (κ3) is 6.16. The molecular weight excluding hydrogens is 382 g/mol. The van der Waals surface area contributed by atoms with Crippen LogP contribution >= 0.6 is 0 Å². The Bertz CT molecular complexity index is 989. The zero-order valence-electron chi connectivity index (χ0n) is 17.3. The SMILES string of the molecule is Cc1ccc(Nc2nc(N)nc(COC(=O)COc3ccc(C(C)C)cc3)n2)cc1. The first-order valence-corrected chi connectivity index (χ1v) is 9.61. The van der Waals surface area contributed by atoms with Crippen molar-refractivity contribution in [3.63, 3.8) is 0 Å². The van der Waals surface area contributed by atoms with Crippen LogP contribution in [0, 0.1) is 6.92 Å². The smallest absolute Gasteiger partial charge is 0.344 e. The Balaban J connectivity index is 1.52. The molecule has 0 aliphatic carbocycles. The molecule has 0 aliphatic rings. The van der Waals surface area contributed by atoms with Crippen molar-refractivity contribution in [2.75, 3.05) is 17.7 Å². The number of nitrogen functional groups attached to an aromatic ring is 1. The minimum absolute atomic E-state index is 0.0344. The highest BCUT2D eigenvalue weighted by molar-refractivity contribution is 5.71. The summed E-state index contributed by atoms with van der Waals surface area (Å²) in [6.45, 7) is 5.88. The average molecular weight is 407 g/mol. The van der Waals surface area contributed by atoms with Crippen LogP contribution in [0.15, 0.2) is 48.5 Å². The normalized spacial score (nSPS) is 10.7. The van der Waals surface area contributed by atoms with Crippen LogP contribution in [-0.4, -0.2) is 27.5 Å². The number of rotatable bonds is 8. The Labute approximate surface area is 175 Å². The van der Waals surface area contributed by atoms with Crippen LogP contribution < -0.4 is 15.8 Å². The second kappa shape index (κ2) is 9.69. The Morgan fingerprint density at radius 3 is 2.40 bits per heavy atom. The molecule has 3 N–H and O–H groups in total. The molecule has 8 nitrogen and oxygen atoms in total. The number of nitrogens with zero attached hydrogens (tertiary/aromatic N) is 3. The van der Waals surface area contributed by atoms with Crippen molar-refractivity contribution in [2.24, 2.45) is 0 Å². The molecule has 0 aliphatic heterocycles. The number of aryl methyl sites for hydroxylation is 1. The van der Waals surface area contributed by atoms with E-state index in [1.165, 1.54) is 5.56 Å². The van der Waals surface area contributed by atoms with Gasteiger partial charge in [0, 0.05) is 5.69 Å². The Hall–Kier alpha value is -3.68. The molecule has 0 saturated heterocycles. The molecule has 30 heavy (non-hydrogen) atoms. The Morgan fingerprint density at radius 1 is 1.03 bits per heavy atom. The second-order valence-corrected chi connectivity index (χ2v) is 7.10. The third-order valence-electron chi connectivity index (χ3n) is 4.27.